The third kappa shape index (κ3) is 4.95. The fourth-order valence-electron chi connectivity index (χ4n) is 1.18. The maximum absolute atomic E-state index is 11.4. The summed E-state index contributed by atoms with van der Waals surface area (Å²) < 4.78 is 0. The average Bonchev–Trinajstić information content (AvgIpc) is 2.22. The van der Waals surface area contributed by atoms with Crippen molar-refractivity contribution in [1.82, 2.24) is 0 Å². The number of hydrogen-bond acceptors (Lipinski definition) is 2. The molecule has 0 aromatic heterocycles. The van der Waals surface area contributed by atoms with Crippen LogP contribution in [0, 0.1) is 0 Å². The molecule has 14 heavy (non-hydrogen) atoms. The Morgan fingerprint density at radius 2 is 1.71 bits per heavy atom. The lowest BCUT2D eigenvalue weighted by Crippen LogP contribution is -2.04. The summed E-state index contributed by atoms with van der Waals surface area (Å²) in [6, 6.07) is 0. The topological polar surface area (TPSA) is 34.1 Å². The molecule has 0 rings (SSSR count). The maximum Gasteiger partial charge on any atom is 0.158 e. The minimum atomic E-state index is 0.0536. The van der Waals surface area contributed by atoms with Gasteiger partial charge < -0.3 is 0 Å². The zero-order valence-corrected chi connectivity index (χ0v) is 9.43. The predicted molar refractivity (Wildman–Crippen MR) is 58.2 cm³/mol. The molecule has 0 saturated carbocycles. The van der Waals surface area contributed by atoms with Crippen LogP contribution in [0.3, 0.4) is 0 Å². The highest BCUT2D eigenvalue weighted by molar-refractivity contribution is 6.02. The Kier molecular flexibility index (Phi) is 6.99. The summed E-state index contributed by atoms with van der Waals surface area (Å²) in [4.78, 5) is 22.6. The van der Waals surface area contributed by atoms with Crippen LogP contribution < -0.4 is 0 Å². The quantitative estimate of drug-likeness (QED) is 0.586. The van der Waals surface area contributed by atoms with E-state index in [0.29, 0.717) is 18.4 Å². The van der Waals surface area contributed by atoms with Gasteiger partial charge in [0.25, 0.3) is 0 Å². The summed E-state index contributed by atoms with van der Waals surface area (Å²) in [6.45, 7) is 5.72. The number of allylic oxidation sites excluding steroid dienone is 2. The minimum Gasteiger partial charge on any atom is -0.295 e. The van der Waals surface area contributed by atoms with E-state index in [1.54, 1.807) is 0 Å². The molecule has 0 radical (unpaired) electrons. The Labute approximate surface area is 86.4 Å². The van der Waals surface area contributed by atoms with Gasteiger partial charge in [-0.15, -0.1) is 0 Å². The van der Waals surface area contributed by atoms with Gasteiger partial charge in [-0.25, -0.2) is 0 Å². The van der Waals surface area contributed by atoms with Gasteiger partial charge >= 0.3 is 0 Å². The number of carbonyl (C=O) groups excluding carboxylic acids is 2. The summed E-state index contributed by atoms with van der Waals surface area (Å²) in [6.07, 6.45) is 5.28. The van der Waals surface area contributed by atoms with Crippen LogP contribution in [-0.4, -0.2) is 11.6 Å². The monoisotopic (exact) mass is 196 g/mol. The van der Waals surface area contributed by atoms with Gasteiger partial charge in [0.05, 0.1) is 0 Å². The average molecular weight is 196 g/mol. The van der Waals surface area contributed by atoms with Crippen LogP contribution in [0.2, 0.25) is 0 Å². The van der Waals surface area contributed by atoms with E-state index in [-0.39, 0.29) is 11.6 Å². The summed E-state index contributed by atoms with van der Waals surface area (Å²) in [5.74, 6) is 0.165. The van der Waals surface area contributed by atoms with Crippen molar-refractivity contribution in [2.45, 2.75) is 52.9 Å². The first kappa shape index (κ1) is 13.1. The van der Waals surface area contributed by atoms with Gasteiger partial charge in [-0.05, 0) is 24.5 Å². The van der Waals surface area contributed by atoms with Gasteiger partial charge in [0.15, 0.2) is 11.6 Å². The van der Waals surface area contributed by atoms with Crippen LogP contribution in [-0.2, 0) is 9.59 Å². The minimum absolute atomic E-state index is 0.0536. The fraction of sp³-hybridized carbons (Fsp3) is 0.667. The van der Waals surface area contributed by atoms with Crippen molar-refractivity contribution in [2.75, 3.05) is 0 Å². The number of ketones is 2. The summed E-state index contributed by atoms with van der Waals surface area (Å²) in [5.41, 5.74) is 0.709. The van der Waals surface area contributed by atoms with Gasteiger partial charge in [0.2, 0.25) is 0 Å². The van der Waals surface area contributed by atoms with E-state index >= 15 is 0 Å². The Morgan fingerprint density at radius 3 is 2.14 bits per heavy atom. The Hall–Kier alpha value is -0.920. The Morgan fingerprint density at radius 1 is 1.07 bits per heavy atom. The van der Waals surface area contributed by atoms with Crippen LogP contribution in [0.4, 0.5) is 0 Å². The molecule has 0 unspecified atom stereocenters. The second-order valence-corrected chi connectivity index (χ2v) is 3.37. The first-order valence-corrected chi connectivity index (χ1v) is 5.42. The highest BCUT2D eigenvalue weighted by atomic mass is 16.1. The van der Waals surface area contributed by atoms with Crippen molar-refractivity contribution in [2.24, 2.45) is 0 Å². The molecule has 0 fully saturated rings. The van der Waals surface area contributed by atoms with E-state index in [1.165, 1.54) is 6.08 Å². The molecule has 0 amide bonds. The molecule has 0 aliphatic carbocycles. The van der Waals surface area contributed by atoms with Crippen LogP contribution in [0.25, 0.3) is 0 Å². The molecule has 0 aliphatic heterocycles. The van der Waals surface area contributed by atoms with Crippen LogP contribution in [0.15, 0.2) is 11.6 Å². The first-order valence-electron chi connectivity index (χ1n) is 5.42. The molecule has 0 spiro atoms. The first-order chi connectivity index (χ1) is 6.65. The van der Waals surface area contributed by atoms with Gasteiger partial charge in [0.1, 0.15) is 0 Å². The third-order valence-corrected chi connectivity index (χ3v) is 2.16. The molecule has 2 heteroatoms. The summed E-state index contributed by atoms with van der Waals surface area (Å²) in [7, 11) is 0. The lowest BCUT2D eigenvalue weighted by Gasteiger charge is -2.03. The molecule has 0 aliphatic rings. The Bertz CT molecular complexity index is 226. The lowest BCUT2D eigenvalue weighted by atomic mass is 10.0. The molecule has 0 atom stereocenters. The van der Waals surface area contributed by atoms with Crippen molar-refractivity contribution in [3.05, 3.63) is 11.6 Å². The zero-order valence-electron chi connectivity index (χ0n) is 9.43. The van der Waals surface area contributed by atoms with Crippen LogP contribution in [0.1, 0.15) is 52.9 Å². The smallest absolute Gasteiger partial charge is 0.158 e. The SMILES string of the molecule is CCCCC(=CC(=O)CC)C(=O)CC. The number of Topliss-reactive ketones (excluding diaryl/α,β-unsaturated/α-hetero) is 1. The lowest BCUT2D eigenvalue weighted by molar-refractivity contribution is -0.117. The molecular formula is C12H20O2. The van der Waals surface area contributed by atoms with E-state index < -0.39 is 0 Å². The van der Waals surface area contributed by atoms with Crippen molar-refractivity contribution in [1.29, 1.82) is 0 Å². The van der Waals surface area contributed by atoms with Crippen LogP contribution in [0.5, 0.6) is 0 Å². The summed E-state index contributed by atoms with van der Waals surface area (Å²) in [5, 5.41) is 0. The van der Waals surface area contributed by atoms with E-state index in [9.17, 15) is 9.59 Å². The number of hydrogen-bond donors (Lipinski definition) is 0. The normalized spacial score (nSPS) is 11.5. The highest BCUT2D eigenvalue weighted by Gasteiger charge is 2.08. The van der Waals surface area contributed by atoms with Crippen LogP contribution >= 0.6 is 0 Å². The highest BCUT2D eigenvalue weighted by Crippen LogP contribution is 2.11. The third-order valence-electron chi connectivity index (χ3n) is 2.16. The van der Waals surface area contributed by atoms with E-state index in [2.05, 4.69) is 6.92 Å². The molecular weight excluding hydrogens is 176 g/mol. The molecule has 80 valence electrons. The number of unbranched alkanes of at least 4 members (excludes halogenated alkanes) is 1. The van der Waals surface area contributed by atoms with Gasteiger partial charge in [-0.2, -0.15) is 0 Å². The molecule has 0 saturated heterocycles. The van der Waals surface area contributed by atoms with Gasteiger partial charge in [-0.3, -0.25) is 9.59 Å². The molecule has 0 bridgehead atoms. The van der Waals surface area contributed by atoms with Gasteiger partial charge in [0, 0.05) is 12.8 Å². The van der Waals surface area contributed by atoms with E-state index in [1.807, 2.05) is 13.8 Å². The fourth-order valence-corrected chi connectivity index (χ4v) is 1.18. The van der Waals surface area contributed by atoms with E-state index in [0.717, 1.165) is 19.3 Å². The second kappa shape index (κ2) is 7.48. The molecule has 0 N–H and O–H groups in total. The molecule has 2 nitrogen and oxygen atoms in total. The predicted octanol–water partition coefficient (Wildman–Crippen LogP) is 3.06. The number of carbonyl (C=O) groups is 2. The second-order valence-electron chi connectivity index (χ2n) is 3.37. The molecule has 0 aromatic carbocycles. The van der Waals surface area contributed by atoms with Gasteiger partial charge in [-0.1, -0.05) is 27.2 Å². The largest absolute Gasteiger partial charge is 0.295 e. The maximum atomic E-state index is 11.4. The van der Waals surface area contributed by atoms with Crippen molar-refractivity contribution in [3.8, 4) is 0 Å². The Balaban J connectivity index is 4.45. The van der Waals surface area contributed by atoms with E-state index in [4.69, 9.17) is 0 Å². The number of rotatable bonds is 7. The molecule has 0 heterocycles. The standard InChI is InChI=1S/C12H20O2/c1-4-7-8-10(12(14)6-3)9-11(13)5-2/h9H,4-8H2,1-3H3. The van der Waals surface area contributed by atoms with Crippen molar-refractivity contribution >= 4 is 11.6 Å². The summed E-state index contributed by atoms with van der Waals surface area (Å²) >= 11 is 0. The van der Waals surface area contributed by atoms with Crippen molar-refractivity contribution in [3.63, 3.8) is 0 Å². The molecule has 0 aromatic rings. The van der Waals surface area contributed by atoms with Crippen molar-refractivity contribution < 1.29 is 9.59 Å². The zero-order chi connectivity index (χ0) is 11.0.